The standard InChI is InChI=1S/C20H22N4O2/c1-14-12-19-21-17(9-11-24(19)22-14)18-8-3-4-10-23(18)20(25)15-6-5-7-16(13-15)26-2/h5-7,9,11-13,18H,3-4,8,10H2,1-2H3/t18-/m0/s1. The van der Waals surface area contributed by atoms with Crippen LogP contribution in [0.4, 0.5) is 0 Å². The molecule has 1 atom stereocenters. The van der Waals surface area contributed by atoms with E-state index < -0.39 is 0 Å². The summed E-state index contributed by atoms with van der Waals surface area (Å²) in [6.07, 6.45) is 4.96. The lowest BCUT2D eigenvalue weighted by molar-refractivity contribution is 0.0606. The molecule has 2 aromatic heterocycles. The van der Waals surface area contributed by atoms with Gasteiger partial charge in [0, 0.05) is 24.4 Å². The molecule has 0 aliphatic carbocycles. The van der Waals surface area contributed by atoms with Gasteiger partial charge in [-0.1, -0.05) is 6.07 Å². The van der Waals surface area contributed by atoms with Crippen molar-refractivity contribution in [3.8, 4) is 5.75 Å². The van der Waals surface area contributed by atoms with E-state index >= 15 is 0 Å². The van der Waals surface area contributed by atoms with Crippen LogP contribution in [-0.2, 0) is 0 Å². The largest absolute Gasteiger partial charge is 0.497 e. The highest BCUT2D eigenvalue weighted by Crippen LogP contribution is 2.31. The second kappa shape index (κ2) is 6.78. The Morgan fingerprint density at radius 2 is 2.12 bits per heavy atom. The zero-order valence-corrected chi connectivity index (χ0v) is 15.1. The first-order chi connectivity index (χ1) is 12.7. The van der Waals surface area contributed by atoms with E-state index in [0.717, 1.165) is 42.8 Å². The summed E-state index contributed by atoms with van der Waals surface area (Å²) < 4.78 is 7.04. The number of methoxy groups -OCH3 is 1. The van der Waals surface area contributed by atoms with Crippen LogP contribution in [0.15, 0.2) is 42.6 Å². The first-order valence-electron chi connectivity index (χ1n) is 8.93. The normalized spacial score (nSPS) is 17.5. The average molecular weight is 350 g/mol. The van der Waals surface area contributed by atoms with Gasteiger partial charge < -0.3 is 9.64 Å². The molecule has 0 unspecified atom stereocenters. The Morgan fingerprint density at radius 1 is 1.23 bits per heavy atom. The maximum absolute atomic E-state index is 13.1. The third kappa shape index (κ3) is 3.03. The molecule has 6 heteroatoms. The second-order valence-electron chi connectivity index (χ2n) is 6.68. The molecule has 134 valence electrons. The van der Waals surface area contributed by atoms with Gasteiger partial charge in [-0.15, -0.1) is 0 Å². The molecular formula is C20H22N4O2. The molecule has 4 rings (SSSR count). The number of aromatic nitrogens is 3. The maximum atomic E-state index is 13.1. The van der Waals surface area contributed by atoms with Crippen molar-refractivity contribution in [2.75, 3.05) is 13.7 Å². The first kappa shape index (κ1) is 16.6. The minimum atomic E-state index is -0.0114. The van der Waals surface area contributed by atoms with Crippen LogP contribution in [0.5, 0.6) is 5.75 Å². The quantitative estimate of drug-likeness (QED) is 0.726. The van der Waals surface area contributed by atoms with E-state index in [1.165, 1.54) is 0 Å². The lowest BCUT2D eigenvalue weighted by atomic mass is 9.98. The van der Waals surface area contributed by atoms with E-state index in [1.54, 1.807) is 17.7 Å². The van der Waals surface area contributed by atoms with Gasteiger partial charge in [-0.3, -0.25) is 4.79 Å². The molecule has 0 saturated carbocycles. The molecule has 1 saturated heterocycles. The van der Waals surface area contributed by atoms with Crippen LogP contribution >= 0.6 is 0 Å². The predicted molar refractivity (Wildman–Crippen MR) is 98.3 cm³/mol. The molecule has 0 spiro atoms. The number of hydrogen-bond acceptors (Lipinski definition) is 4. The molecule has 0 N–H and O–H groups in total. The number of hydrogen-bond donors (Lipinski definition) is 0. The lowest BCUT2D eigenvalue weighted by Crippen LogP contribution is -2.38. The van der Waals surface area contributed by atoms with Gasteiger partial charge in [-0.2, -0.15) is 5.10 Å². The number of ether oxygens (including phenoxy) is 1. The summed E-state index contributed by atoms with van der Waals surface area (Å²) in [5, 5.41) is 4.38. The summed E-state index contributed by atoms with van der Waals surface area (Å²) >= 11 is 0. The molecule has 3 aromatic rings. The number of benzene rings is 1. The summed E-state index contributed by atoms with van der Waals surface area (Å²) in [7, 11) is 1.61. The van der Waals surface area contributed by atoms with Crippen LogP contribution < -0.4 is 4.74 Å². The van der Waals surface area contributed by atoms with Crippen molar-refractivity contribution in [3.63, 3.8) is 0 Å². The van der Waals surface area contributed by atoms with Gasteiger partial charge in [-0.25, -0.2) is 9.50 Å². The highest BCUT2D eigenvalue weighted by atomic mass is 16.5. The van der Waals surface area contributed by atoms with Crippen molar-refractivity contribution in [1.82, 2.24) is 19.5 Å². The average Bonchev–Trinajstić information content (AvgIpc) is 3.06. The third-order valence-corrected chi connectivity index (χ3v) is 4.89. The van der Waals surface area contributed by atoms with E-state index in [4.69, 9.17) is 9.72 Å². The number of nitrogens with zero attached hydrogens (tertiary/aromatic N) is 4. The van der Waals surface area contributed by atoms with Crippen LogP contribution in [0.2, 0.25) is 0 Å². The zero-order valence-electron chi connectivity index (χ0n) is 15.1. The molecule has 1 fully saturated rings. The molecule has 1 aromatic carbocycles. The van der Waals surface area contributed by atoms with E-state index in [1.807, 2.05) is 48.4 Å². The number of rotatable bonds is 3. The lowest BCUT2D eigenvalue weighted by Gasteiger charge is -2.35. The smallest absolute Gasteiger partial charge is 0.254 e. The first-order valence-corrected chi connectivity index (χ1v) is 8.93. The van der Waals surface area contributed by atoms with Gasteiger partial charge in [0.2, 0.25) is 0 Å². The predicted octanol–water partition coefficient (Wildman–Crippen LogP) is 3.41. The van der Waals surface area contributed by atoms with Crippen molar-refractivity contribution >= 4 is 11.6 Å². The number of carbonyl (C=O) groups excluding carboxylic acids is 1. The number of piperidine rings is 1. The summed E-state index contributed by atoms with van der Waals surface area (Å²) in [6, 6.07) is 11.3. The van der Waals surface area contributed by atoms with Crippen LogP contribution in [-0.4, -0.2) is 39.1 Å². The molecular weight excluding hydrogens is 328 g/mol. The van der Waals surface area contributed by atoms with Crippen LogP contribution in [0.3, 0.4) is 0 Å². The number of aryl methyl sites for hydroxylation is 1. The molecule has 3 heterocycles. The monoisotopic (exact) mass is 350 g/mol. The van der Waals surface area contributed by atoms with Gasteiger partial charge >= 0.3 is 0 Å². The highest BCUT2D eigenvalue weighted by molar-refractivity contribution is 5.95. The van der Waals surface area contributed by atoms with Gasteiger partial charge in [0.15, 0.2) is 5.65 Å². The van der Waals surface area contributed by atoms with Crippen LogP contribution in [0, 0.1) is 6.92 Å². The SMILES string of the molecule is COc1cccc(C(=O)N2CCCC[C@H]2c2ccn3nc(C)cc3n2)c1. The van der Waals surface area contributed by atoms with Crippen LogP contribution in [0.25, 0.3) is 5.65 Å². The Labute approximate surface area is 152 Å². The minimum Gasteiger partial charge on any atom is -0.497 e. The Balaban J connectivity index is 1.67. The van der Waals surface area contributed by atoms with Crippen molar-refractivity contribution in [2.45, 2.75) is 32.2 Å². The fourth-order valence-electron chi connectivity index (χ4n) is 3.60. The topological polar surface area (TPSA) is 59.7 Å². The minimum absolute atomic E-state index is 0.0114. The van der Waals surface area contributed by atoms with Crippen molar-refractivity contribution < 1.29 is 9.53 Å². The molecule has 0 radical (unpaired) electrons. The fourth-order valence-corrected chi connectivity index (χ4v) is 3.60. The highest BCUT2D eigenvalue weighted by Gasteiger charge is 2.30. The Bertz CT molecular complexity index is 950. The Hall–Kier alpha value is -2.89. The second-order valence-corrected chi connectivity index (χ2v) is 6.68. The van der Waals surface area contributed by atoms with E-state index in [9.17, 15) is 4.79 Å². The van der Waals surface area contributed by atoms with Gasteiger partial charge in [0.1, 0.15) is 5.75 Å². The van der Waals surface area contributed by atoms with Crippen molar-refractivity contribution in [2.24, 2.45) is 0 Å². The molecule has 1 aliphatic heterocycles. The Morgan fingerprint density at radius 3 is 2.96 bits per heavy atom. The van der Waals surface area contributed by atoms with Crippen molar-refractivity contribution in [3.05, 3.63) is 59.5 Å². The molecule has 6 nitrogen and oxygen atoms in total. The van der Waals surface area contributed by atoms with Crippen LogP contribution in [0.1, 0.15) is 47.1 Å². The van der Waals surface area contributed by atoms with Gasteiger partial charge in [0.05, 0.1) is 24.5 Å². The summed E-state index contributed by atoms with van der Waals surface area (Å²) in [4.78, 5) is 19.9. The van der Waals surface area contributed by atoms with Gasteiger partial charge in [-0.05, 0) is 50.5 Å². The fraction of sp³-hybridized carbons (Fsp3) is 0.350. The summed E-state index contributed by atoms with van der Waals surface area (Å²) in [5.74, 6) is 0.721. The number of fused-ring (bicyclic) bond motifs is 1. The van der Waals surface area contributed by atoms with E-state index in [0.29, 0.717) is 11.3 Å². The number of amides is 1. The third-order valence-electron chi connectivity index (χ3n) is 4.89. The summed E-state index contributed by atoms with van der Waals surface area (Å²) in [6.45, 7) is 2.69. The summed E-state index contributed by atoms with van der Waals surface area (Å²) in [5.41, 5.74) is 3.33. The van der Waals surface area contributed by atoms with E-state index in [2.05, 4.69) is 5.10 Å². The molecule has 1 amide bonds. The molecule has 1 aliphatic rings. The number of likely N-dealkylation sites (tertiary alicyclic amines) is 1. The molecule has 0 bridgehead atoms. The molecule has 26 heavy (non-hydrogen) atoms. The zero-order chi connectivity index (χ0) is 18.1. The van der Waals surface area contributed by atoms with Gasteiger partial charge in [0.25, 0.3) is 5.91 Å². The Kier molecular flexibility index (Phi) is 4.32. The number of carbonyl (C=O) groups is 1. The van der Waals surface area contributed by atoms with Crippen molar-refractivity contribution in [1.29, 1.82) is 0 Å². The maximum Gasteiger partial charge on any atom is 0.254 e. The van der Waals surface area contributed by atoms with E-state index in [-0.39, 0.29) is 11.9 Å².